The smallest absolute Gasteiger partial charge is 0.243 e. The number of sulfonamides is 1. The Morgan fingerprint density at radius 1 is 1.35 bits per heavy atom. The van der Waals surface area contributed by atoms with Crippen LogP contribution in [0.15, 0.2) is 39.8 Å². The Morgan fingerprint density at radius 2 is 2.13 bits per heavy atom. The number of rotatable bonds is 4. The summed E-state index contributed by atoms with van der Waals surface area (Å²) in [7, 11) is -3.61. The van der Waals surface area contributed by atoms with Gasteiger partial charge >= 0.3 is 0 Å². The third kappa shape index (κ3) is 3.16. The number of hydrogen-bond acceptors (Lipinski definition) is 4. The first-order chi connectivity index (χ1) is 10.9. The van der Waals surface area contributed by atoms with E-state index in [1.54, 1.807) is 18.2 Å². The molecule has 1 aromatic carbocycles. The zero-order valence-electron chi connectivity index (χ0n) is 13.1. The third-order valence-electron chi connectivity index (χ3n) is 4.07. The van der Waals surface area contributed by atoms with Crippen molar-refractivity contribution in [3.05, 3.63) is 46.8 Å². The van der Waals surface area contributed by atoms with Gasteiger partial charge in [0.2, 0.25) is 10.0 Å². The molecule has 1 atom stereocenters. The van der Waals surface area contributed by atoms with Crippen LogP contribution in [0.1, 0.15) is 50.1 Å². The van der Waals surface area contributed by atoms with Gasteiger partial charge in [-0.3, -0.25) is 0 Å². The summed E-state index contributed by atoms with van der Waals surface area (Å²) < 4.78 is 32.7. The van der Waals surface area contributed by atoms with E-state index < -0.39 is 10.0 Å². The highest BCUT2D eigenvalue weighted by atomic mass is 35.5. The molecule has 1 aliphatic heterocycles. The topological polar surface area (TPSA) is 63.4 Å². The van der Waals surface area contributed by atoms with Crippen molar-refractivity contribution < 1.29 is 12.9 Å². The van der Waals surface area contributed by atoms with Gasteiger partial charge in [0.25, 0.3) is 0 Å². The van der Waals surface area contributed by atoms with Crippen LogP contribution in [0.5, 0.6) is 0 Å². The number of nitrogens with zero attached hydrogens (tertiary/aromatic N) is 2. The molecule has 1 fully saturated rings. The minimum Gasteiger partial charge on any atom is -0.359 e. The van der Waals surface area contributed by atoms with Gasteiger partial charge in [-0.15, -0.1) is 0 Å². The largest absolute Gasteiger partial charge is 0.359 e. The van der Waals surface area contributed by atoms with Crippen molar-refractivity contribution in [1.29, 1.82) is 0 Å². The van der Waals surface area contributed by atoms with Crippen LogP contribution in [0.25, 0.3) is 0 Å². The van der Waals surface area contributed by atoms with Gasteiger partial charge in [-0.2, -0.15) is 4.31 Å². The van der Waals surface area contributed by atoms with Crippen LogP contribution in [0.4, 0.5) is 0 Å². The maximum Gasteiger partial charge on any atom is 0.243 e. The molecule has 0 aliphatic carbocycles. The molecule has 0 bridgehead atoms. The van der Waals surface area contributed by atoms with Gasteiger partial charge in [0.15, 0.2) is 5.76 Å². The predicted octanol–water partition coefficient (Wildman–Crippen LogP) is 3.98. The van der Waals surface area contributed by atoms with Gasteiger partial charge in [0, 0.05) is 17.6 Å². The maximum absolute atomic E-state index is 12.9. The zero-order chi connectivity index (χ0) is 16.6. The average molecular weight is 355 g/mol. The van der Waals surface area contributed by atoms with E-state index in [1.165, 1.54) is 10.4 Å². The van der Waals surface area contributed by atoms with Crippen molar-refractivity contribution in [2.75, 3.05) is 6.54 Å². The molecule has 0 spiro atoms. The van der Waals surface area contributed by atoms with Crippen LogP contribution >= 0.6 is 11.6 Å². The lowest BCUT2D eigenvalue weighted by molar-refractivity contribution is 0.295. The van der Waals surface area contributed by atoms with Crippen LogP contribution < -0.4 is 0 Å². The predicted molar refractivity (Wildman–Crippen MR) is 87.9 cm³/mol. The summed E-state index contributed by atoms with van der Waals surface area (Å²) in [4.78, 5) is 0.209. The summed E-state index contributed by atoms with van der Waals surface area (Å²) in [5.41, 5.74) is 0.840. The van der Waals surface area contributed by atoms with Crippen molar-refractivity contribution in [2.24, 2.45) is 0 Å². The Hall–Kier alpha value is -1.37. The summed E-state index contributed by atoms with van der Waals surface area (Å²) in [5, 5.41) is 4.45. The molecule has 23 heavy (non-hydrogen) atoms. The Kier molecular flexibility index (Phi) is 4.49. The standard InChI is InChI=1S/C16H19ClN2O3S/c1-11(2)14-10-16(22-18-14)15-7-4-8-19(15)23(20,21)13-6-3-5-12(17)9-13/h3,5-6,9-11,15H,4,7-8H2,1-2H3/t15-/m0/s1. The lowest BCUT2D eigenvalue weighted by atomic mass is 10.1. The Labute approximate surface area is 141 Å². The summed E-state index contributed by atoms with van der Waals surface area (Å²) in [6.45, 7) is 4.52. The molecule has 2 heterocycles. The van der Waals surface area contributed by atoms with Crippen LogP contribution in [0.2, 0.25) is 5.02 Å². The SMILES string of the molecule is CC(C)c1cc([C@@H]2CCCN2S(=O)(=O)c2cccc(Cl)c2)on1. The fraction of sp³-hybridized carbons (Fsp3) is 0.438. The van der Waals surface area contributed by atoms with E-state index in [-0.39, 0.29) is 16.9 Å². The lowest BCUT2D eigenvalue weighted by Crippen LogP contribution is -2.30. The lowest BCUT2D eigenvalue weighted by Gasteiger charge is -2.22. The summed E-state index contributed by atoms with van der Waals surface area (Å²) in [6.07, 6.45) is 1.52. The van der Waals surface area contributed by atoms with E-state index in [0.717, 1.165) is 18.5 Å². The fourth-order valence-corrected chi connectivity index (χ4v) is 4.77. The second kappa shape index (κ2) is 6.26. The summed E-state index contributed by atoms with van der Waals surface area (Å²) in [6, 6.07) is 7.90. The normalized spacial score (nSPS) is 19.6. The van der Waals surface area contributed by atoms with E-state index in [2.05, 4.69) is 5.16 Å². The number of halogens is 1. The molecule has 0 saturated carbocycles. The van der Waals surface area contributed by atoms with Gasteiger partial charge in [-0.1, -0.05) is 36.7 Å². The van der Waals surface area contributed by atoms with Crippen molar-refractivity contribution >= 4 is 21.6 Å². The molecule has 1 saturated heterocycles. The van der Waals surface area contributed by atoms with Crippen molar-refractivity contribution in [3.63, 3.8) is 0 Å². The van der Waals surface area contributed by atoms with Crippen LogP contribution in [-0.2, 0) is 10.0 Å². The first-order valence-electron chi connectivity index (χ1n) is 7.63. The summed E-state index contributed by atoms with van der Waals surface area (Å²) in [5.74, 6) is 0.851. The van der Waals surface area contributed by atoms with Crippen molar-refractivity contribution in [1.82, 2.24) is 9.46 Å². The first kappa shape index (κ1) is 16.5. The molecule has 1 aliphatic rings. The van der Waals surface area contributed by atoms with Crippen LogP contribution in [-0.4, -0.2) is 24.4 Å². The van der Waals surface area contributed by atoms with Gasteiger partial charge < -0.3 is 4.52 Å². The van der Waals surface area contributed by atoms with E-state index >= 15 is 0 Å². The van der Waals surface area contributed by atoms with Gasteiger partial charge in [0.05, 0.1) is 16.6 Å². The highest BCUT2D eigenvalue weighted by Gasteiger charge is 2.38. The van der Waals surface area contributed by atoms with Gasteiger partial charge in [-0.05, 0) is 37.0 Å². The molecule has 3 rings (SSSR count). The molecular formula is C16H19ClN2O3S. The average Bonchev–Trinajstić information content (AvgIpc) is 3.16. The highest BCUT2D eigenvalue weighted by molar-refractivity contribution is 7.89. The van der Waals surface area contributed by atoms with E-state index in [9.17, 15) is 8.42 Å². The van der Waals surface area contributed by atoms with E-state index in [4.69, 9.17) is 16.1 Å². The minimum atomic E-state index is -3.61. The second-order valence-corrected chi connectivity index (χ2v) is 8.37. The molecule has 5 nitrogen and oxygen atoms in total. The number of benzene rings is 1. The van der Waals surface area contributed by atoms with Crippen molar-refractivity contribution in [2.45, 2.75) is 43.5 Å². The maximum atomic E-state index is 12.9. The summed E-state index contributed by atoms with van der Waals surface area (Å²) >= 11 is 5.94. The Balaban J connectivity index is 1.94. The van der Waals surface area contributed by atoms with Gasteiger partial charge in [0.1, 0.15) is 0 Å². The number of hydrogen-bond donors (Lipinski definition) is 0. The molecule has 1 aromatic heterocycles. The molecule has 0 radical (unpaired) electrons. The van der Waals surface area contributed by atoms with Crippen molar-refractivity contribution in [3.8, 4) is 0 Å². The minimum absolute atomic E-state index is 0.209. The van der Waals surface area contributed by atoms with Gasteiger partial charge in [-0.25, -0.2) is 8.42 Å². The molecule has 124 valence electrons. The Morgan fingerprint density at radius 3 is 2.78 bits per heavy atom. The Bertz CT molecular complexity index is 801. The van der Waals surface area contributed by atoms with E-state index in [1.807, 2.05) is 19.9 Å². The number of aromatic nitrogens is 1. The molecule has 0 N–H and O–H groups in total. The molecule has 0 amide bonds. The van der Waals surface area contributed by atoms with E-state index in [0.29, 0.717) is 17.3 Å². The molecule has 7 heteroatoms. The molecule has 0 unspecified atom stereocenters. The van der Waals surface area contributed by atoms with Crippen LogP contribution in [0, 0.1) is 0 Å². The monoisotopic (exact) mass is 354 g/mol. The quantitative estimate of drug-likeness (QED) is 0.833. The van der Waals surface area contributed by atoms with Crippen LogP contribution in [0.3, 0.4) is 0 Å². The first-order valence-corrected chi connectivity index (χ1v) is 9.45. The second-order valence-electron chi connectivity index (χ2n) is 6.04. The fourth-order valence-electron chi connectivity index (χ4n) is 2.81. The molecule has 2 aromatic rings. The zero-order valence-corrected chi connectivity index (χ0v) is 14.6. The molecular weight excluding hydrogens is 336 g/mol. The third-order valence-corrected chi connectivity index (χ3v) is 6.21. The highest BCUT2D eigenvalue weighted by Crippen LogP contribution is 2.37.